The molecule has 1 heterocycles. The average molecular weight is 258 g/mol. The number of ether oxygens (including phenoxy) is 1. The van der Waals surface area contributed by atoms with Crippen LogP contribution >= 0.6 is 0 Å². The van der Waals surface area contributed by atoms with Crippen molar-refractivity contribution in [2.75, 3.05) is 0 Å². The third kappa shape index (κ3) is 1.94. The zero-order valence-electron chi connectivity index (χ0n) is 12.2. The molecule has 2 nitrogen and oxygen atoms in total. The van der Waals surface area contributed by atoms with Gasteiger partial charge in [0.05, 0.1) is 0 Å². The molecule has 1 aromatic rings. The number of allylic oxidation sites excluding steroid dienone is 2. The molecule has 0 spiro atoms. The van der Waals surface area contributed by atoms with Gasteiger partial charge in [-0.25, -0.2) is 0 Å². The van der Waals surface area contributed by atoms with Gasteiger partial charge in [0.25, 0.3) is 0 Å². The number of fused-ring (bicyclic) bond motifs is 3. The van der Waals surface area contributed by atoms with Crippen molar-refractivity contribution in [1.82, 2.24) is 0 Å². The number of phenols is 1. The Labute approximate surface area is 115 Å². The van der Waals surface area contributed by atoms with Gasteiger partial charge in [-0.1, -0.05) is 11.6 Å². The second-order valence-electron chi connectivity index (χ2n) is 6.59. The number of phenolic OH excluding ortho intramolecular Hbond substituents is 1. The van der Waals surface area contributed by atoms with Gasteiger partial charge >= 0.3 is 0 Å². The fourth-order valence-electron chi connectivity index (χ4n) is 3.66. The first-order valence-electron chi connectivity index (χ1n) is 7.08. The maximum atomic E-state index is 10.3. The Morgan fingerprint density at radius 2 is 2.00 bits per heavy atom. The molecule has 1 aliphatic carbocycles. The molecule has 102 valence electrons. The lowest BCUT2D eigenvalue weighted by Gasteiger charge is -2.46. The Hall–Kier alpha value is -1.44. The van der Waals surface area contributed by atoms with E-state index in [0.717, 1.165) is 29.7 Å². The molecule has 19 heavy (non-hydrogen) atoms. The van der Waals surface area contributed by atoms with Crippen molar-refractivity contribution in [3.8, 4) is 11.5 Å². The molecule has 2 atom stereocenters. The van der Waals surface area contributed by atoms with Gasteiger partial charge in [0, 0.05) is 17.4 Å². The topological polar surface area (TPSA) is 29.5 Å². The smallest absolute Gasteiger partial charge is 0.127 e. The summed E-state index contributed by atoms with van der Waals surface area (Å²) in [7, 11) is 0. The standard InChI is InChI=1S/C17H22O2/c1-10-5-6-13-12(7-10)16-14(18)8-11(2)9-15(16)19-17(13,3)4/h7-9,12-13,18H,5-6H2,1-4H3/t12-,13?/m1/s1. The molecule has 0 radical (unpaired) electrons. The minimum absolute atomic E-state index is 0.172. The summed E-state index contributed by atoms with van der Waals surface area (Å²) in [5.41, 5.74) is 3.27. The Bertz CT molecular complexity index is 555. The number of hydrogen-bond acceptors (Lipinski definition) is 2. The summed E-state index contributed by atoms with van der Waals surface area (Å²) in [6, 6.07) is 3.89. The summed E-state index contributed by atoms with van der Waals surface area (Å²) in [5.74, 6) is 1.96. The SMILES string of the molecule is CC1=C[C@H]2c3c(O)cc(C)cc3OC(C)(C)C2CC1. The van der Waals surface area contributed by atoms with E-state index < -0.39 is 0 Å². The van der Waals surface area contributed by atoms with E-state index in [2.05, 4.69) is 26.8 Å². The van der Waals surface area contributed by atoms with Crippen molar-refractivity contribution >= 4 is 0 Å². The lowest BCUT2D eigenvalue weighted by Crippen LogP contribution is -2.45. The van der Waals surface area contributed by atoms with Crippen LogP contribution in [-0.2, 0) is 0 Å². The molecule has 1 N–H and O–H groups in total. The molecule has 0 aromatic heterocycles. The molecule has 0 bridgehead atoms. The highest BCUT2D eigenvalue weighted by atomic mass is 16.5. The molecule has 2 heteroatoms. The summed E-state index contributed by atoms with van der Waals surface area (Å²) in [4.78, 5) is 0. The van der Waals surface area contributed by atoms with E-state index in [0.29, 0.717) is 11.7 Å². The fraction of sp³-hybridized carbons (Fsp3) is 0.529. The third-order valence-corrected chi connectivity index (χ3v) is 4.61. The summed E-state index contributed by atoms with van der Waals surface area (Å²) < 4.78 is 6.20. The summed E-state index contributed by atoms with van der Waals surface area (Å²) in [5, 5.41) is 10.3. The van der Waals surface area contributed by atoms with Crippen molar-refractivity contribution in [2.45, 2.75) is 52.1 Å². The van der Waals surface area contributed by atoms with Crippen LogP contribution in [0.2, 0.25) is 0 Å². The Morgan fingerprint density at radius 1 is 1.26 bits per heavy atom. The van der Waals surface area contributed by atoms with Crippen molar-refractivity contribution in [2.24, 2.45) is 5.92 Å². The minimum atomic E-state index is -0.172. The number of rotatable bonds is 0. The zero-order chi connectivity index (χ0) is 13.8. The largest absolute Gasteiger partial charge is 0.507 e. The van der Waals surface area contributed by atoms with Crippen LogP contribution < -0.4 is 4.74 Å². The van der Waals surface area contributed by atoms with Crippen LogP contribution in [0.4, 0.5) is 0 Å². The van der Waals surface area contributed by atoms with E-state index in [4.69, 9.17) is 4.74 Å². The molecule has 2 aliphatic rings. The van der Waals surface area contributed by atoms with E-state index in [9.17, 15) is 5.11 Å². The molecule has 0 fully saturated rings. The number of hydrogen-bond donors (Lipinski definition) is 1. The molecule has 1 unspecified atom stereocenters. The van der Waals surface area contributed by atoms with Crippen molar-refractivity contribution in [3.63, 3.8) is 0 Å². The van der Waals surface area contributed by atoms with Crippen molar-refractivity contribution < 1.29 is 9.84 Å². The van der Waals surface area contributed by atoms with E-state index in [-0.39, 0.29) is 11.5 Å². The van der Waals surface area contributed by atoms with Crippen molar-refractivity contribution in [1.29, 1.82) is 0 Å². The Morgan fingerprint density at radius 3 is 2.74 bits per heavy atom. The summed E-state index contributed by atoms with van der Waals surface area (Å²) in [6.07, 6.45) is 4.59. The number of aromatic hydroxyl groups is 1. The summed E-state index contributed by atoms with van der Waals surface area (Å²) in [6.45, 7) is 8.51. The molecular weight excluding hydrogens is 236 g/mol. The van der Waals surface area contributed by atoms with Crippen LogP contribution in [0.1, 0.15) is 50.7 Å². The molecular formula is C17H22O2. The highest BCUT2D eigenvalue weighted by Gasteiger charge is 2.45. The van der Waals surface area contributed by atoms with Gasteiger partial charge in [-0.05, 0) is 58.2 Å². The first-order chi connectivity index (χ1) is 8.88. The third-order valence-electron chi connectivity index (χ3n) is 4.61. The van der Waals surface area contributed by atoms with Gasteiger partial charge in [-0.3, -0.25) is 0 Å². The van der Waals surface area contributed by atoms with E-state index in [1.807, 2.05) is 19.1 Å². The lowest BCUT2D eigenvalue weighted by molar-refractivity contribution is 0.0107. The van der Waals surface area contributed by atoms with Gasteiger partial charge < -0.3 is 9.84 Å². The predicted molar refractivity (Wildman–Crippen MR) is 76.8 cm³/mol. The monoisotopic (exact) mass is 258 g/mol. The van der Waals surface area contributed by atoms with Gasteiger partial charge in [0.15, 0.2) is 0 Å². The fourth-order valence-corrected chi connectivity index (χ4v) is 3.66. The molecule has 1 aliphatic heterocycles. The first-order valence-corrected chi connectivity index (χ1v) is 7.08. The minimum Gasteiger partial charge on any atom is -0.507 e. The zero-order valence-corrected chi connectivity index (χ0v) is 12.2. The quantitative estimate of drug-likeness (QED) is 0.703. The maximum Gasteiger partial charge on any atom is 0.127 e. The second-order valence-corrected chi connectivity index (χ2v) is 6.59. The molecule has 0 amide bonds. The summed E-state index contributed by atoms with van der Waals surface area (Å²) >= 11 is 0. The molecule has 0 saturated heterocycles. The van der Waals surface area contributed by atoms with E-state index >= 15 is 0 Å². The van der Waals surface area contributed by atoms with Crippen LogP contribution in [0.5, 0.6) is 11.5 Å². The Kier molecular flexibility index (Phi) is 2.67. The molecule has 0 saturated carbocycles. The predicted octanol–water partition coefficient (Wildman–Crippen LogP) is 4.31. The molecule has 1 aromatic carbocycles. The van der Waals surface area contributed by atoms with Gasteiger partial charge in [-0.15, -0.1) is 0 Å². The van der Waals surface area contributed by atoms with Gasteiger partial charge in [-0.2, -0.15) is 0 Å². The highest BCUT2D eigenvalue weighted by molar-refractivity contribution is 5.53. The Balaban J connectivity index is 2.21. The number of aryl methyl sites for hydroxylation is 1. The van der Waals surface area contributed by atoms with Gasteiger partial charge in [0.1, 0.15) is 17.1 Å². The van der Waals surface area contributed by atoms with Gasteiger partial charge in [0.2, 0.25) is 0 Å². The maximum absolute atomic E-state index is 10.3. The van der Waals surface area contributed by atoms with Crippen molar-refractivity contribution in [3.05, 3.63) is 34.9 Å². The van der Waals surface area contributed by atoms with Crippen LogP contribution in [0.3, 0.4) is 0 Å². The average Bonchev–Trinajstić information content (AvgIpc) is 2.25. The van der Waals surface area contributed by atoms with E-state index in [1.54, 1.807) is 0 Å². The lowest BCUT2D eigenvalue weighted by atomic mass is 9.68. The highest BCUT2D eigenvalue weighted by Crippen LogP contribution is 2.53. The van der Waals surface area contributed by atoms with Crippen LogP contribution in [0.25, 0.3) is 0 Å². The molecule has 3 rings (SSSR count). The first kappa shape index (κ1) is 12.6. The van der Waals surface area contributed by atoms with E-state index in [1.165, 1.54) is 5.57 Å². The normalized spacial score (nSPS) is 27.9. The second kappa shape index (κ2) is 4.03. The van der Waals surface area contributed by atoms with Crippen LogP contribution in [-0.4, -0.2) is 10.7 Å². The van der Waals surface area contributed by atoms with Crippen LogP contribution in [0.15, 0.2) is 23.8 Å². The number of benzene rings is 1. The van der Waals surface area contributed by atoms with Crippen LogP contribution in [0, 0.1) is 12.8 Å².